The second-order valence-corrected chi connectivity index (χ2v) is 21.4. The Morgan fingerprint density at radius 1 is 1.00 bits per heavy atom. The molecule has 0 aromatic heterocycles. The second-order valence-electron chi connectivity index (χ2n) is 10.2. The predicted molar refractivity (Wildman–Crippen MR) is 127 cm³/mol. The molecule has 0 saturated carbocycles. The van der Waals surface area contributed by atoms with Crippen molar-refractivity contribution in [1.29, 1.82) is 0 Å². The Morgan fingerprint density at radius 3 is 2.17 bits per heavy atom. The summed E-state index contributed by atoms with van der Waals surface area (Å²) in [7, 11) is -2.56. The van der Waals surface area contributed by atoms with Crippen LogP contribution in [-0.4, -0.2) is 71.9 Å². The van der Waals surface area contributed by atoms with Gasteiger partial charge in [-0.3, -0.25) is 4.79 Å². The first-order valence-electron chi connectivity index (χ1n) is 11.0. The van der Waals surface area contributed by atoms with Gasteiger partial charge in [0.15, 0.2) is 6.29 Å². The molecular formula is C20H45N3O5Si2. The maximum atomic E-state index is 12.2. The minimum Gasteiger partial charge on any atom is -0.450 e. The lowest BCUT2D eigenvalue weighted by molar-refractivity contribution is -0.121. The lowest BCUT2D eigenvalue weighted by atomic mass is 10.1. The van der Waals surface area contributed by atoms with Crippen molar-refractivity contribution >= 4 is 28.1 Å². The molecule has 0 aliphatic heterocycles. The quantitative estimate of drug-likeness (QED) is 0.159. The van der Waals surface area contributed by atoms with E-state index < -0.39 is 34.6 Å². The number of amides is 2. The SMILES string of the molecule is C[Si](C)(C)CCOC(=O)N[C@@H](CCCCNC(=O)CCN)C(O)OCC[Si](C)(C)C. The summed E-state index contributed by atoms with van der Waals surface area (Å²) in [5, 5.41) is 16.0. The van der Waals surface area contributed by atoms with Crippen molar-refractivity contribution in [2.45, 2.75) is 89.4 Å². The lowest BCUT2D eigenvalue weighted by Crippen LogP contribution is -2.45. The van der Waals surface area contributed by atoms with Gasteiger partial charge in [0.05, 0.1) is 12.6 Å². The average molecular weight is 464 g/mol. The van der Waals surface area contributed by atoms with Gasteiger partial charge in [0.25, 0.3) is 0 Å². The molecule has 2 atom stereocenters. The van der Waals surface area contributed by atoms with Crippen LogP contribution < -0.4 is 16.4 Å². The summed E-state index contributed by atoms with van der Waals surface area (Å²) >= 11 is 0. The third-order valence-electron chi connectivity index (χ3n) is 4.51. The summed E-state index contributed by atoms with van der Waals surface area (Å²) in [6, 6.07) is 1.28. The molecule has 8 nitrogen and oxygen atoms in total. The van der Waals surface area contributed by atoms with Gasteiger partial charge in [-0.2, -0.15) is 0 Å². The van der Waals surface area contributed by atoms with Crippen LogP contribution >= 0.6 is 0 Å². The Balaban J connectivity index is 4.52. The molecule has 0 fully saturated rings. The van der Waals surface area contributed by atoms with E-state index in [2.05, 4.69) is 49.9 Å². The van der Waals surface area contributed by atoms with Gasteiger partial charge in [-0.05, 0) is 31.4 Å². The molecule has 0 heterocycles. The molecule has 0 saturated heterocycles. The van der Waals surface area contributed by atoms with Crippen molar-refractivity contribution in [3.63, 3.8) is 0 Å². The molecule has 10 heteroatoms. The van der Waals surface area contributed by atoms with E-state index in [1.165, 1.54) is 0 Å². The molecule has 0 bridgehead atoms. The predicted octanol–water partition coefficient (Wildman–Crippen LogP) is 2.73. The highest BCUT2D eigenvalue weighted by molar-refractivity contribution is 6.76. The van der Waals surface area contributed by atoms with E-state index in [-0.39, 0.29) is 5.91 Å². The fourth-order valence-corrected chi connectivity index (χ4v) is 3.91. The third kappa shape index (κ3) is 17.9. The molecule has 0 aliphatic rings. The van der Waals surface area contributed by atoms with Crippen LogP contribution in [0.3, 0.4) is 0 Å². The number of hydrogen-bond donors (Lipinski definition) is 4. The van der Waals surface area contributed by atoms with Crippen LogP contribution in [0.1, 0.15) is 25.7 Å². The van der Waals surface area contributed by atoms with E-state index in [4.69, 9.17) is 15.2 Å². The first kappa shape index (κ1) is 29.1. The van der Waals surface area contributed by atoms with Crippen LogP contribution in [0, 0.1) is 0 Å². The van der Waals surface area contributed by atoms with Gasteiger partial charge in [-0.25, -0.2) is 4.79 Å². The van der Waals surface area contributed by atoms with Gasteiger partial charge >= 0.3 is 6.09 Å². The highest BCUT2D eigenvalue weighted by Crippen LogP contribution is 2.12. The van der Waals surface area contributed by atoms with E-state index >= 15 is 0 Å². The van der Waals surface area contributed by atoms with Gasteiger partial charge in [-0.1, -0.05) is 39.3 Å². The van der Waals surface area contributed by atoms with Crippen molar-refractivity contribution in [3.8, 4) is 0 Å². The standard InChI is InChI=1S/C20H45N3O5Si2/c1-29(2,3)15-13-27-19(25)17(9-7-8-12-22-18(24)10-11-21)23-20(26)28-14-16-30(4,5)6/h17,19,25H,7-16,21H2,1-6H3,(H,22,24)(H,23,26)/t17-,19?/m0/s1. The van der Waals surface area contributed by atoms with Crippen molar-refractivity contribution in [1.82, 2.24) is 10.6 Å². The molecule has 30 heavy (non-hydrogen) atoms. The Labute approximate surface area is 184 Å². The van der Waals surface area contributed by atoms with E-state index in [0.717, 1.165) is 24.9 Å². The molecule has 0 aromatic carbocycles. The van der Waals surface area contributed by atoms with E-state index in [9.17, 15) is 14.7 Å². The summed E-state index contributed by atoms with van der Waals surface area (Å²) in [6.45, 7) is 15.1. The van der Waals surface area contributed by atoms with Gasteiger partial charge in [0, 0.05) is 42.3 Å². The number of carbonyl (C=O) groups excluding carboxylic acids is 2. The van der Waals surface area contributed by atoms with E-state index in [1.807, 2.05) is 0 Å². The number of ether oxygens (including phenoxy) is 2. The van der Waals surface area contributed by atoms with Crippen molar-refractivity contribution in [3.05, 3.63) is 0 Å². The summed E-state index contributed by atoms with van der Waals surface area (Å²) < 4.78 is 10.9. The summed E-state index contributed by atoms with van der Waals surface area (Å²) in [5.41, 5.74) is 5.35. The zero-order valence-corrected chi connectivity index (χ0v) is 21.9. The molecule has 178 valence electrons. The number of rotatable bonds is 16. The van der Waals surface area contributed by atoms with Gasteiger partial charge in [-0.15, -0.1) is 0 Å². The number of carbonyl (C=O) groups is 2. The molecular weight excluding hydrogens is 418 g/mol. The van der Waals surface area contributed by atoms with Crippen LogP contribution in [0.25, 0.3) is 0 Å². The second kappa shape index (κ2) is 15.0. The smallest absolute Gasteiger partial charge is 0.407 e. The molecule has 0 radical (unpaired) electrons. The number of unbranched alkanes of at least 4 members (excludes halogenated alkanes) is 1. The maximum Gasteiger partial charge on any atom is 0.407 e. The van der Waals surface area contributed by atoms with Crippen LogP contribution in [-0.2, 0) is 14.3 Å². The molecule has 5 N–H and O–H groups in total. The number of aliphatic hydroxyl groups excluding tert-OH is 1. The number of nitrogens with one attached hydrogen (secondary N) is 2. The highest BCUT2D eigenvalue weighted by Gasteiger charge is 2.24. The molecule has 2 amide bonds. The fraction of sp³-hybridized carbons (Fsp3) is 0.900. The Bertz CT molecular complexity index is 496. The van der Waals surface area contributed by atoms with Gasteiger partial charge in [0.1, 0.15) is 0 Å². The first-order valence-corrected chi connectivity index (χ1v) is 18.5. The van der Waals surface area contributed by atoms with Crippen molar-refractivity contribution in [2.75, 3.05) is 26.3 Å². The number of alkyl carbamates (subject to hydrolysis) is 1. The van der Waals surface area contributed by atoms with Crippen LogP contribution in [0.4, 0.5) is 4.79 Å². The van der Waals surface area contributed by atoms with Gasteiger partial charge in [0.2, 0.25) is 5.91 Å². The zero-order chi connectivity index (χ0) is 23.2. The number of nitrogens with two attached hydrogens (primary N) is 1. The Morgan fingerprint density at radius 2 is 1.60 bits per heavy atom. The first-order chi connectivity index (χ1) is 13.8. The lowest BCUT2D eigenvalue weighted by Gasteiger charge is -2.25. The van der Waals surface area contributed by atoms with Crippen molar-refractivity contribution < 1.29 is 24.2 Å². The summed E-state index contributed by atoms with van der Waals surface area (Å²) in [6.07, 6.45) is 0.694. The van der Waals surface area contributed by atoms with E-state index in [1.54, 1.807) is 0 Å². The fourth-order valence-electron chi connectivity index (χ4n) is 2.47. The number of hydrogen-bond acceptors (Lipinski definition) is 6. The van der Waals surface area contributed by atoms with Crippen LogP contribution in [0.5, 0.6) is 0 Å². The maximum absolute atomic E-state index is 12.2. The Hall–Kier alpha value is -0.946. The zero-order valence-electron chi connectivity index (χ0n) is 19.9. The monoisotopic (exact) mass is 463 g/mol. The van der Waals surface area contributed by atoms with Crippen LogP contribution in [0.15, 0.2) is 0 Å². The summed E-state index contributed by atoms with van der Waals surface area (Å²) in [5.74, 6) is -0.0622. The minimum absolute atomic E-state index is 0.0622. The minimum atomic E-state index is -1.28. The highest BCUT2D eigenvalue weighted by atomic mass is 28.3. The van der Waals surface area contributed by atoms with Crippen molar-refractivity contribution in [2.24, 2.45) is 5.73 Å². The third-order valence-corrected chi connectivity index (χ3v) is 7.92. The average Bonchev–Trinajstić information content (AvgIpc) is 2.58. The molecule has 0 spiro atoms. The topological polar surface area (TPSA) is 123 Å². The normalized spacial score (nSPS) is 14.1. The molecule has 0 aromatic rings. The van der Waals surface area contributed by atoms with E-state index in [0.29, 0.717) is 39.1 Å². The molecule has 0 aliphatic carbocycles. The summed E-state index contributed by atoms with van der Waals surface area (Å²) in [4.78, 5) is 23.6. The number of aliphatic hydroxyl groups is 1. The largest absolute Gasteiger partial charge is 0.450 e. The van der Waals surface area contributed by atoms with Gasteiger partial charge < -0.3 is 30.9 Å². The molecule has 1 unspecified atom stereocenters. The molecule has 0 rings (SSSR count). The Kier molecular flexibility index (Phi) is 14.5. The van der Waals surface area contributed by atoms with Crippen LogP contribution in [0.2, 0.25) is 51.4 Å².